The second-order valence-corrected chi connectivity index (χ2v) is 5.74. The molecule has 4 rings (SSSR count). The molecule has 17 heavy (non-hydrogen) atoms. The lowest BCUT2D eigenvalue weighted by Crippen LogP contribution is -2.63. The second-order valence-electron chi connectivity index (χ2n) is 5.74. The third kappa shape index (κ3) is 2.01. The molecule has 0 aromatic carbocycles. The highest BCUT2D eigenvalue weighted by Gasteiger charge is 2.55. The summed E-state index contributed by atoms with van der Waals surface area (Å²) in [6.07, 6.45) is 4.47. The lowest BCUT2D eigenvalue weighted by Gasteiger charge is -2.55. The van der Waals surface area contributed by atoms with E-state index in [0.29, 0.717) is 5.92 Å². The molecule has 4 heteroatoms. The highest BCUT2D eigenvalue weighted by Crippen LogP contribution is 2.46. The molecule has 0 amide bonds. The van der Waals surface area contributed by atoms with Crippen LogP contribution in [0.4, 0.5) is 0 Å². The molecular weight excluding hydrogens is 218 g/mol. The zero-order chi connectivity index (χ0) is 11.8. The molecule has 0 aromatic heterocycles. The molecular formula is C13H23NO3. The standard InChI is InChI=1S/C13H23NO3/c1-2-5-12-8-15-13(16-9-12,17-10-12)11-3-6-14-7-4-11/h11,14H,2-10H2,1H3. The van der Waals surface area contributed by atoms with Crippen molar-refractivity contribution in [1.29, 1.82) is 0 Å². The van der Waals surface area contributed by atoms with Crippen LogP contribution in [-0.2, 0) is 14.2 Å². The molecule has 0 radical (unpaired) electrons. The fraction of sp³-hybridized carbons (Fsp3) is 1.00. The monoisotopic (exact) mass is 241 g/mol. The smallest absolute Gasteiger partial charge is 0.286 e. The molecule has 0 spiro atoms. The van der Waals surface area contributed by atoms with Gasteiger partial charge in [-0.15, -0.1) is 0 Å². The van der Waals surface area contributed by atoms with Crippen LogP contribution in [0.1, 0.15) is 32.6 Å². The zero-order valence-corrected chi connectivity index (χ0v) is 10.7. The predicted molar refractivity (Wildman–Crippen MR) is 63.5 cm³/mol. The van der Waals surface area contributed by atoms with Crippen LogP contribution in [0.5, 0.6) is 0 Å². The van der Waals surface area contributed by atoms with E-state index in [9.17, 15) is 0 Å². The summed E-state index contributed by atoms with van der Waals surface area (Å²) in [6.45, 7) is 6.73. The number of nitrogens with one attached hydrogen (secondary N) is 1. The van der Waals surface area contributed by atoms with Gasteiger partial charge in [0.05, 0.1) is 19.8 Å². The molecule has 4 aliphatic heterocycles. The van der Waals surface area contributed by atoms with Gasteiger partial charge in [0.15, 0.2) is 0 Å². The van der Waals surface area contributed by atoms with Gasteiger partial charge in [-0.3, -0.25) is 0 Å². The van der Waals surface area contributed by atoms with E-state index >= 15 is 0 Å². The molecule has 4 heterocycles. The average molecular weight is 241 g/mol. The molecule has 0 saturated carbocycles. The maximum absolute atomic E-state index is 5.99. The van der Waals surface area contributed by atoms with Gasteiger partial charge in [0.25, 0.3) is 5.97 Å². The minimum atomic E-state index is -0.711. The summed E-state index contributed by atoms with van der Waals surface area (Å²) in [5.74, 6) is -0.318. The van der Waals surface area contributed by atoms with Gasteiger partial charge in [0, 0.05) is 11.3 Å². The maximum atomic E-state index is 5.99. The lowest BCUT2D eigenvalue weighted by molar-refractivity contribution is -0.488. The van der Waals surface area contributed by atoms with Gasteiger partial charge in [-0.25, -0.2) is 0 Å². The van der Waals surface area contributed by atoms with Gasteiger partial charge < -0.3 is 19.5 Å². The molecule has 0 aromatic rings. The van der Waals surface area contributed by atoms with Gasteiger partial charge in [-0.05, 0) is 32.4 Å². The summed E-state index contributed by atoms with van der Waals surface area (Å²) >= 11 is 0. The Balaban J connectivity index is 1.68. The summed E-state index contributed by atoms with van der Waals surface area (Å²) in [7, 11) is 0. The van der Waals surface area contributed by atoms with Crippen molar-refractivity contribution >= 4 is 0 Å². The Morgan fingerprint density at radius 1 is 1.06 bits per heavy atom. The predicted octanol–water partition coefficient (Wildman–Crippen LogP) is 1.50. The van der Waals surface area contributed by atoms with Gasteiger partial charge in [-0.2, -0.15) is 0 Å². The van der Waals surface area contributed by atoms with Crippen molar-refractivity contribution in [2.75, 3.05) is 32.9 Å². The molecule has 1 N–H and O–H groups in total. The number of hydrogen-bond donors (Lipinski definition) is 1. The van der Waals surface area contributed by atoms with E-state index in [2.05, 4.69) is 12.2 Å². The normalized spacial score (nSPS) is 42.9. The van der Waals surface area contributed by atoms with Crippen molar-refractivity contribution in [2.24, 2.45) is 11.3 Å². The summed E-state index contributed by atoms with van der Waals surface area (Å²) in [4.78, 5) is 0. The molecule has 4 aliphatic rings. The molecule has 4 saturated heterocycles. The Hall–Kier alpha value is -0.160. The molecule has 98 valence electrons. The van der Waals surface area contributed by atoms with Crippen LogP contribution in [0.3, 0.4) is 0 Å². The molecule has 0 unspecified atom stereocenters. The maximum Gasteiger partial charge on any atom is 0.286 e. The zero-order valence-electron chi connectivity index (χ0n) is 10.7. The Morgan fingerprint density at radius 2 is 1.65 bits per heavy atom. The minimum Gasteiger partial charge on any atom is -0.326 e. The van der Waals surface area contributed by atoms with E-state index < -0.39 is 5.97 Å². The summed E-state index contributed by atoms with van der Waals surface area (Å²) in [5.41, 5.74) is 0.128. The minimum absolute atomic E-state index is 0.128. The van der Waals surface area contributed by atoms with Crippen molar-refractivity contribution in [3.8, 4) is 0 Å². The summed E-state index contributed by atoms with van der Waals surface area (Å²) in [6, 6.07) is 0. The van der Waals surface area contributed by atoms with Gasteiger partial charge in [-0.1, -0.05) is 13.3 Å². The first-order chi connectivity index (χ1) is 8.29. The Labute approximate surface area is 103 Å². The number of hydrogen-bond acceptors (Lipinski definition) is 4. The largest absolute Gasteiger partial charge is 0.326 e. The Morgan fingerprint density at radius 3 is 2.18 bits per heavy atom. The quantitative estimate of drug-likeness (QED) is 0.813. The van der Waals surface area contributed by atoms with Crippen molar-refractivity contribution < 1.29 is 14.2 Å². The van der Waals surface area contributed by atoms with E-state index in [0.717, 1.165) is 58.6 Å². The Bertz CT molecular complexity index is 251. The van der Waals surface area contributed by atoms with Crippen LogP contribution in [0, 0.1) is 11.3 Å². The first-order valence-corrected chi connectivity index (χ1v) is 6.91. The number of piperidine rings is 1. The van der Waals surface area contributed by atoms with E-state index in [1.165, 1.54) is 0 Å². The number of ether oxygens (including phenoxy) is 3. The van der Waals surface area contributed by atoms with E-state index in [1.807, 2.05) is 0 Å². The summed E-state index contributed by atoms with van der Waals surface area (Å²) in [5, 5.41) is 3.37. The van der Waals surface area contributed by atoms with Crippen LogP contribution in [0.25, 0.3) is 0 Å². The van der Waals surface area contributed by atoms with E-state index in [4.69, 9.17) is 14.2 Å². The van der Waals surface area contributed by atoms with Crippen molar-refractivity contribution in [2.45, 2.75) is 38.6 Å². The van der Waals surface area contributed by atoms with Gasteiger partial charge in [0.1, 0.15) is 0 Å². The summed E-state index contributed by atoms with van der Waals surface area (Å²) < 4.78 is 18.0. The molecule has 4 fully saturated rings. The lowest BCUT2D eigenvalue weighted by atomic mass is 9.82. The fourth-order valence-corrected chi connectivity index (χ4v) is 3.29. The third-order valence-corrected chi connectivity index (χ3v) is 4.36. The topological polar surface area (TPSA) is 39.7 Å². The SMILES string of the molecule is CCCC12COC(C3CCNCC3)(OC1)OC2. The first kappa shape index (κ1) is 11.9. The number of fused-ring (bicyclic) bond motifs is 3. The molecule has 2 bridgehead atoms. The molecule has 4 nitrogen and oxygen atoms in total. The van der Waals surface area contributed by atoms with Gasteiger partial charge in [0.2, 0.25) is 0 Å². The molecule has 0 aliphatic carbocycles. The second kappa shape index (κ2) is 4.50. The van der Waals surface area contributed by atoms with Crippen LogP contribution in [-0.4, -0.2) is 38.9 Å². The van der Waals surface area contributed by atoms with Crippen LogP contribution in [0.15, 0.2) is 0 Å². The van der Waals surface area contributed by atoms with Crippen molar-refractivity contribution in [1.82, 2.24) is 5.32 Å². The van der Waals surface area contributed by atoms with Crippen LogP contribution >= 0.6 is 0 Å². The fourth-order valence-electron chi connectivity index (χ4n) is 3.29. The van der Waals surface area contributed by atoms with E-state index in [-0.39, 0.29) is 5.41 Å². The van der Waals surface area contributed by atoms with E-state index in [1.54, 1.807) is 0 Å². The average Bonchev–Trinajstić information content (AvgIpc) is 2.42. The van der Waals surface area contributed by atoms with Crippen LogP contribution < -0.4 is 5.32 Å². The van der Waals surface area contributed by atoms with Gasteiger partial charge >= 0.3 is 0 Å². The molecule has 0 atom stereocenters. The van der Waals surface area contributed by atoms with Crippen molar-refractivity contribution in [3.05, 3.63) is 0 Å². The number of rotatable bonds is 3. The van der Waals surface area contributed by atoms with Crippen LogP contribution in [0.2, 0.25) is 0 Å². The highest BCUT2D eigenvalue weighted by atomic mass is 16.9. The first-order valence-electron chi connectivity index (χ1n) is 6.91. The third-order valence-electron chi connectivity index (χ3n) is 4.36. The Kier molecular flexibility index (Phi) is 3.15. The van der Waals surface area contributed by atoms with Crippen molar-refractivity contribution in [3.63, 3.8) is 0 Å². The highest BCUT2D eigenvalue weighted by molar-refractivity contribution is 4.91.